The zero-order valence-corrected chi connectivity index (χ0v) is 22.7. The van der Waals surface area contributed by atoms with Gasteiger partial charge in [0.05, 0.1) is 55.9 Å². The number of anilines is 1. The van der Waals surface area contributed by atoms with E-state index in [4.69, 9.17) is 5.26 Å². The first-order valence-corrected chi connectivity index (χ1v) is 12.6. The number of benzene rings is 2. The third-order valence-corrected chi connectivity index (χ3v) is 6.39. The number of rotatable bonds is 6. The second-order valence-corrected chi connectivity index (χ2v) is 10.6. The van der Waals surface area contributed by atoms with Gasteiger partial charge >= 0.3 is 6.18 Å². The van der Waals surface area contributed by atoms with Gasteiger partial charge in [0.15, 0.2) is 12.2 Å². The Morgan fingerprint density at radius 1 is 1.10 bits per heavy atom. The van der Waals surface area contributed by atoms with Crippen LogP contribution in [0.15, 0.2) is 67.0 Å². The molecule has 0 spiro atoms. The number of fused-ring (bicyclic) bond motifs is 1. The summed E-state index contributed by atoms with van der Waals surface area (Å²) in [6, 6.07) is 15.8. The predicted octanol–water partition coefficient (Wildman–Crippen LogP) is 5.09. The number of hydrogen-bond donors (Lipinski definition) is 1. The summed E-state index contributed by atoms with van der Waals surface area (Å²) in [6.45, 7) is 1.97. The number of likely N-dealkylation sites (N-methyl/N-ethyl adjacent to an activating group) is 1. The summed E-state index contributed by atoms with van der Waals surface area (Å²) in [4.78, 5) is 17.1. The predicted molar refractivity (Wildman–Crippen MR) is 147 cm³/mol. The molecular weight excluding hydrogens is 533 g/mol. The van der Waals surface area contributed by atoms with Crippen molar-refractivity contribution in [3.8, 4) is 34.1 Å². The number of nitriles is 1. The molecular formula is C29H26F3N8O+. The van der Waals surface area contributed by atoms with E-state index in [0.29, 0.717) is 43.7 Å². The molecule has 0 bridgehead atoms. The van der Waals surface area contributed by atoms with Gasteiger partial charge in [-0.2, -0.15) is 28.5 Å². The van der Waals surface area contributed by atoms with Crippen molar-refractivity contribution in [2.24, 2.45) is 0 Å². The van der Waals surface area contributed by atoms with Crippen LogP contribution in [0.5, 0.6) is 0 Å². The van der Waals surface area contributed by atoms with Crippen molar-refractivity contribution in [1.82, 2.24) is 24.4 Å². The fraction of sp³-hybridized carbons (Fsp3) is 0.207. The molecule has 0 aliphatic carbocycles. The smallest absolute Gasteiger partial charge is 0.323 e. The highest BCUT2D eigenvalue weighted by atomic mass is 19.4. The number of carbonyl (C=O) groups excluding carboxylic acids is 1. The first-order chi connectivity index (χ1) is 19.3. The highest BCUT2D eigenvalue weighted by Gasteiger charge is 2.31. The molecule has 9 nitrogen and oxygen atoms in total. The van der Waals surface area contributed by atoms with Crippen molar-refractivity contribution in [2.45, 2.75) is 13.1 Å². The van der Waals surface area contributed by atoms with Gasteiger partial charge in [0, 0.05) is 17.3 Å². The molecule has 0 aliphatic rings. The summed E-state index contributed by atoms with van der Waals surface area (Å²) >= 11 is 0. The van der Waals surface area contributed by atoms with Crippen LogP contribution in [0.2, 0.25) is 0 Å². The zero-order valence-electron chi connectivity index (χ0n) is 22.7. The molecule has 0 fully saturated rings. The second-order valence-electron chi connectivity index (χ2n) is 10.6. The van der Waals surface area contributed by atoms with Crippen LogP contribution in [0.25, 0.3) is 33.7 Å². The van der Waals surface area contributed by atoms with Crippen LogP contribution in [0, 0.1) is 18.3 Å². The van der Waals surface area contributed by atoms with E-state index in [0.717, 1.165) is 12.1 Å². The maximum atomic E-state index is 13.7. The van der Waals surface area contributed by atoms with Gasteiger partial charge in [-0.3, -0.25) is 10.1 Å². The molecule has 0 aliphatic heterocycles. The molecule has 0 atom stereocenters. The van der Waals surface area contributed by atoms with Crippen molar-refractivity contribution in [3.63, 3.8) is 0 Å². The quantitative estimate of drug-likeness (QED) is 0.292. The average molecular weight is 560 g/mol. The van der Waals surface area contributed by atoms with E-state index in [2.05, 4.69) is 26.6 Å². The van der Waals surface area contributed by atoms with Gasteiger partial charge in [-0.1, -0.05) is 12.1 Å². The van der Waals surface area contributed by atoms with Crippen LogP contribution in [0.4, 0.5) is 19.1 Å². The second kappa shape index (κ2) is 10.2. The van der Waals surface area contributed by atoms with Crippen molar-refractivity contribution in [3.05, 3.63) is 83.7 Å². The number of carbonyl (C=O) groups is 1. The molecule has 3 aromatic heterocycles. The van der Waals surface area contributed by atoms with Gasteiger partial charge in [-0.15, -0.1) is 5.10 Å². The minimum Gasteiger partial charge on any atom is -0.323 e. The topological polar surface area (TPSA) is 101 Å². The highest BCUT2D eigenvalue weighted by molar-refractivity contribution is 5.91. The van der Waals surface area contributed by atoms with Crippen LogP contribution in [0.3, 0.4) is 0 Å². The maximum absolute atomic E-state index is 13.7. The third-order valence-electron chi connectivity index (χ3n) is 6.39. The van der Waals surface area contributed by atoms with E-state index < -0.39 is 11.7 Å². The Kier molecular flexibility index (Phi) is 6.84. The number of aromatic nitrogens is 5. The van der Waals surface area contributed by atoms with Crippen molar-refractivity contribution in [2.75, 3.05) is 33.0 Å². The molecule has 1 amide bonds. The monoisotopic (exact) mass is 559 g/mol. The largest absolute Gasteiger partial charge is 0.416 e. The van der Waals surface area contributed by atoms with Crippen LogP contribution in [-0.4, -0.2) is 62.5 Å². The van der Waals surface area contributed by atoms with Gasteiger partial charge in [-0.05, 0) is 60.5 Å². The Labute approximate surface area is 233 Å². The van der Waals surface area contributed by atoms with E-state index >= 15 is 0 Å². The van der Waals surface area contributed by atoms with Crippen LogP contribution in [-0.2, 0) is 11.0 Å². The van der Waals surface area contributed by atoms with Gasteiger partial charge in [0.25, 0.3) is 5.91 Å². The number of pyridine rings is 1. The number of halogens is 3. The Morgan fingerprint density at radius 2 is 1.83 bits per heavy atom. The van der Waals surface area contributed by atoms with Gasteiger partial charge in [0.1, 0.15) is 0 Å². The fourth-order valence-corrected chi connectivity index (χ4v) is 4.60. The molecule has 0 unspecified atom stereocenters. The number of nitrogens with one attached hydrogen (secondary N) is 1. The summed E-state index contributed by atoms with van der Waals surface area (Å²) in [6.07, 6.45) is -1.22. The van der Waals surface area contributed by atoms with Crippen molar-refractivity contribution >= 4 is 17.5 Å². The van der Waals surface area contributed by atoms with E-state index in [1.807, 2.05) is 21.1 Å². The number of amides is 1. The van der Waals surface area contributed by atoms with E-state index in [9.17, 15) is 18.0 Å². The van der Waals surface area contributed by atoms with Crippen LogP contribution < -0.4 is 5.32 Å². The Balaban J connectivity index is 1.71. The number of hydrogen-bond acceptors (Lipinski definition) is 5. The first kappa shape index (κ1) is 27.5. The zero-order chi connectivity index (χ0) is 29.5. The molecule has 1 N–H and O–H groups in total. The molecule has 5 rings (SSSR count). The lowest BCUT2D eigenvalue weighted by Crippen LogP contribution is -2.41. The Bertz CT molecular complexity index is 1810. The van der Waals surface area contributed by atoms with E-state index in [1.165, 1.54) is 10.6 Å². The molecule has 3 heterocycles. The van der Waals surface area contributed by atoms with E-state index in [-0.39, 0.29) is 24.0 Å². The van der Waals surface area contributed by atoms with Gasteiger partial charge in [-0.25, -0.2) is 9.20 Å². The Morgan fingerprint density at radius 3 is 2.49 bits per heavy atom. The maximum Gasteiger partial charge on any atom is 0.416 e. The summed E-state index contributed by atoms with van der Waals surface area (Å²) in [7, 11) is 5.61. The lowest BCUT2D eigenvalue weighted by Gasteiger charge is -2.22. The number of nitrogens with zero attached hydrogens (tertiary/aromatic N) is 7. The SMILES string of the molecule is Cc1c(-c2ccnn2-c2ccc(C#N)cc2)cn2nc(NC(=O)C[N+](C)(C)C)nc2c1-c1cccc(C(F)(F)F)c1. The lowest BCUT2D eigenvalue weighted by atomic mass is 9.95. The highest BCUT2D eigenvalue weighted by Crippen LogP contribution is 2.38. The molecule has 0 saturated heterocycles. The minimum atomic E-state index is -4.54. The summed E-state index contributed by atoms with van der Waals surface area (Å²) < 4.78 is 44.5. The molecule has 5 aromatic rings. The summed E-state index contributed by atoms with van der Waals surface area (Å²) in [5, 5.41) is 20.8. The van der Waals surface area contributed by atoms with Crippen LogP contribution >= 0.6 is 0 Å². The Hall–Kier alpha value is -5.02. The van der Waals surface area contributed by atoms with Gasteiger partial charge < -0.3 is 4.48 Å². The van der Waals surface area contributed by atoms with Crippen molar-refractivity contribution in [1.29, 1.82) is 5.26 Å². The summed E-state index contributed by atoms with van der Waals surface area (Å²) in [5.74, 6) is -0.265. The number of alkyl halides is 3. The van der Waals surface area contributed by atoms with Crippen LogP contribution in [0.1, 0.15) is 16.7 Å². The minimum absolute atomic E-state index is 0.0359. The van der Waals surface area contributed by atoms with Crippen molar-refractivity contribution < 1.29 is 22.4 Å². The standard InChI is InChI=1S/C29H25F3N8O/c1-18-23(24-12-13-34-39(24)22-10-8-19(15-33)9-11-22)16-38-27(36-28(37-38)35-25(41)17-40(2,3)4)26(18)20-6-5-7-21(14-20)29(30,31)32/h5-14,16H,17H2,1-4H3/p+1. The summed E-state index contributed by atoms with van der Waals surface area (Å²) in [5.41, 5.74) is 3.33. The molecule has 0 radical (unpaired) electrons. The average Bonchev–Trinajstić information content (AvgIpc) is 3.53. The van der Waals surface area contributed by atoms with Gasteiger partial charge in [0.2, 0.25) is 5.95 Å². The van der Waals surface area contributed by atoms with E-state index in [1.54, 1.807) is 60.4 Å². The number of quaternary nitrogens is 1. The fourth-order valence-electron chi connectivity index (χ4n) is 4.60. The third kappa shape index (κ3) is 5.66. The molecule has 0 saturated carbocycles. The molecule has 41 heavy (non-hydrogen) atoms. The molecule has 208 valence electrons. The normalized spacial score (nSPS) is 12.0. The molecule has 12 heteroatoms. The molecule has 2 aromatic carbocycles. The first-order valence-electron chi connectivity index (χ1n) is 12.6. The lowest BCUT2D eigenvalue weighted by molar-refractivity contribution is -0.861.